The predicted molar refractivity (Wildman–Crippen MR) is 79.3 cm³/mol. The van der Waals surface area contributed by atoms with Gasteiger partial charge in [-0.3, -0.25) is 9.59 Å². The van der Waals surface area contributed by atoms with Crippen molar-refractivity contribution in [2.75, 3.05) is 0 Å². The van der Waals surface area contributed by atoms with Crippen molar-refractivity contribution in [3.8, 4) is 0 Å². The molecule has 0 aliphatic heterocycles. The Bertz CT molecular complexity index is 509. The molecule has 1 aliphatic rings. The molecule has 2 N–H and O–H groups in total. The van der Waals surface area contributed by atoms with Crippen LogP contribution in [0.1, 0.15) is 52.9 Å². The quantitative estimate of drug-likeness (QED) is 0.842. The second-order valence-corrected chi connectivity index (χ2v) is 6.58. The second kappa shape index (κ2) is 6.39. The SMILES string of the molecule is Cc1scc(C(=O)N[C@H]2CCCCC[C@H]2C(=O)O)c1C. The fourth-order valence-corrected chi connectivity index (χ4v) is 3.62. The minimum atomic E-state index is -0.796. The van der Waals surface area contributed by atoms with Gasteiger partial charge in [-0.15, -0.1) is 11.3 Å². The van der Waals surface area contributed by atoms with Gasteiger partial charge in [0.2, 0.25) is 0 Å². The van der Waals surface area contributed by atoms with Gasteiger partial charge in [0.15, 0.2) is 0 Å². The average molecular weight is 295 g/mol. The lowest BCUT2D eigenvalue weighted by Gasteiger charge is -2.22. The summed E-state index contributed by atoms with van der Waals surface area (Å²) in [5, 5.41) is 14.1. The Morgan fingerprint density at radius 2 is 1.95 bits per heavy atom. The summed E-state index contributed by atoms with van der Waals surface area (Å²) in [4.78, 5) is 24.8. The van der Waals surface area contributed by atoms with Crippen molar-refractivity contribution < 1.29 is 14.7 Å². The third-order valence-corrected chi connectivity index (χ3v) is 5.19. The fraction of sp³-hybridized carbons (Fsp3) is 0.600. The van der Waals surface area contributed by atoms with Crippen LogP contribution >= 0.6 is 11.3 Å². The van der Waals surface area contributed by atoms with E-state index in [4.69, 9.17) is 0 Å². The normalized spacial score (nSPS) is 23.1. The summed E-state index contributed by atoms with van der Waals surface area (Å²) in [5.41, 5.74) is 1.67. The van der Waals surface area contributed by atoms with E-state index < -0.39 is 11.9 Å². The molecular formula is C15H21NO3S. The first-order valence-electron chi connectivity index (χ1n) is 7.09. The van der Waals surface area contributed by atoms with Gasteiger partial charge in [0.1, 0.15) is 0 Å². The van der Waals surface area contributed by atoms with Crippen LogP contribution in [0, 0.1) is 19.8 Å². The third-order valence-electron chi connectivity index (χ3n) is 4.18. The average Bonchev–Trinajstić information content (AvgIpc) is 2.62. The Balaban J connectivity index is 2.11. The fourth-order valence-electron chi connectivity index (χ4n) is 2.76. The van der Waals surface area contributed by atoms with Crippen LogP contribution in [0.25, 0.3) is 0 Å². The number of nitrogens with one attached hydrogen (secondary N) is 1. The van der Waals surface area contributed by atoms with Gasteiger partial charge in [0.05, 0.1) is 11.5 Å². The number of thiophene rings is 1. The standard InChI is InChI=1S/C15H21NO3S/c1-9-10(2)20-8-12(9)14(17)16-13-7-5-3-4-6-11(13)15(18)19/h8,11,13H,3-7H2,1-2H3,(H,16,17)(H,18,19)/t11-,13+/m1/s1. The molecule has 0 radical (unpaired) electrons. The maximum Gasteiger partial charge on any atom is 0.308 e. The molecule has 110 valence electrons. The zero-order valence-electron chi connectivity index (χ0n) is 11.9. The highest BCUT2D eigenvalue weighted by Crippen LogP contribution is 2.25. The number of aryl methyl sites for hydroxylation is 1. The Morgan fingerprint density at radius 3 is 2.55 bits per heavy atom. The van der Waals surface area contributed by atoms with Crippen LogP contribution in [0.2, 0.25) is 0 Å². The number of carboxylic acids is 1. The molecule has 20 heavy (non-hydrogen) atoms. The van der Waals surface area contributed by atoms with Gasteiger partial charge < -0.3 is 10.4 Å². The lowest BCUT2D eigenvalue weighted by atomic mass is 9.94. The van der Waals surface area contributed by atoms with Crippen LogP contribution in [-0.2, 0) is 4.79 Å². The molecule has 1 aromatic heterocycles. The van der Waals surface area contributed by atoms with Crippen molar-refractivity contribution in [1.82, 2.24) is 5.32 Å². The van der Waals surface area contributed by atoms with Crippen molar-refractivity contribution >= 4 is 23.2 Å². The monoisotopic (exact) mass is 295 g/mol. The van der Waals surface area contributed by atoms with Crippen LogP contribution < -0.4 is 5.32 Å². The number of hydrogen-bond donors (Lipinski definition) is 2. The number of aliphatic carboxylic acids is 1. The van der Waals surface area contributed by atoms with Gasteiger partial charge in [-0.25, -0.2) is 0 Å². The van der Waals surface area contributed by atoms with E-state index in [1.165, 1.54) is 0 Å². The van der Waals surface area contributed by atoms with Crippen molar-refractivity contribution in [3.63, 3.8) is 0 Å². The molecule has 0 unspecified atom stereocenters. The second-order valence-electron chi connectivity index (χ2n) is 5.49. The largest absolute Gasteiger partial charge is 0.481 e. The van der Waals surface area contributed by atoms with Crippen molar-refractivity contribution in [3.05, 3.63) is 21.4 Å². The zero-order valence-corrected chi connectivity index (χ0v) is 12.8. The highest BCUT2D eigenvalue weighted by Gasteiger charge is 2.31. The molecule has 1 fully saturated rings. The summed E-state index contributed by atoms with van der Waals surface area (Å²) in [6.45, 7) is 3.92. The Hall–Kier alpha value is -1.36. The molecule has 1 heterocycles. The Kier molecular flexibility index (Phi) is 4.81. The van der Waals surface area contributed by atoms with Gasteiger partial charge in [-0.2, -0.15) is 0 Å². The van der Waals surface area contributed by atoms with Gasteiger partial charge in [0, 0.05) is 16.3 Å². The van der Waals surface area contributed by atoms with Crippen LogP contribution in [-0.4, -0.2) is 23.0 Å². The van der Waals surface area contributed by atoms with Gasteiger partial charge in [0.25, 0.3) is 5.91 Å². The number of carbonyl (C=O) groups is 2. The van der Waals surface area contributed by atoms with Gasteiger partial charge in [-0.05, 0) is 32.3 Å². The van der Waals surface area contributed by atoms with E-state index >= 15 is 0 Å². The van der Waals surface area contributed by atoms with E-state index in [2.05, 4.69) is 5.32 Å². The van der Waals surface area contributed by atoms with E-state index in [0.717, 1.165) is 36.1 Å². The lowest BCUT2D eigenvalue weighted by Crippen LogP contribution is -2.42. The number of amides is 1. The van der Waals surface area contributed by atoms with Crippen LogP contribution in [0.3, 0.4) is 0 Å². The summed E-state index contributed by atoms with van der Waals surface area (Å²) in [6, 6.07) is -0.248. The maximum atomic E-state index is 12.3. The summed E-state index contributed by atoms with van der Waals surface area (Å²) < 4.78 is 0. The van der Waals surface area contributed by atoms with E-state index in [-0.39, 0.29) is 11.9 Å². The van der Waals surface area contributed by atoms with Gasteiger partial charge >= 0.3 is 5.97 Å². The van der Waals surface area contributed by atoms with Crippen LogP contribution in [0.15, 0.2) is 5.38 Å². The number of carbonyl (C=O) groups excluding carboxylic acids is 1. The summed E-state index contributed by atoms with van der Waals surface area (Å²) in [7, 11) is 0. The maximum absolute atomic E-state index is 12.3. The molecule has 0 saturated heterocycles. The zero-order chi connectivity index (χ0) is 14.7. The van der Waals surface area contributed by atoms with E-state index in [1.54, 1.807) is 11.3 Å². The Labute approximate surface area is 123 Å². The smallest absolute Gasteiger partial charge is 0.308 e. The Morgan fingerprint density at radius 1 is 1.25 bits per heavy atom. The van der Waals surface area contributed by atoms with Crippen LogP contribution in [0.4, 0.5) is 0 Å². The van der Waals surface area contributed by atoms with Gasteiger partial charge in [-0.1, -0.05) is 19.3 Å². The minimum absolute atomic E-state index is 0.134. The number of carboxylic acid groups (broad SMARTS) is 1. The molecule has 0 bridgehead atoms. The summed E-state index contributed by atoms with van der Waals surface area (Å²) in [5.74, 6) is -1.39. The number of rotatable bonds is 3. The lowest BCUT2D eigenvalue weighted by molar-refractivity contribution is -0.142. The van der Waals surface area contributed by atoms with E-state index in [1.807, 2.05) is 19.2 Å². The van der Waals surface area contributed by atoms with Crippen molar-refractivity contribution in [1.29, 1.82) is 0 Å². The molecule has 1 saturated carbocycles. The molecule has 2 atom stereocenters. The molecule has 1 aliphatic carbocycles. The highest BCUT2D eigenvalue weighted by molar-refractivity contribution is 7.10. The van der Waals surface area contributed by atoms with Crippen molar-refractivity contribution in [2.24, 2.45) is 5.92 Å². The summed E-state index contributed by atoms with van der Waals surface area (Å²) in [6.07, 6.45) is 4.37. The first-order valence-corrected chi connectivity index (χ1v) is 7.97. The molecule has 0 aromatic carbocycles. The predicted octanol–water partition coefficient (Wildman–Crippen LogP) is 3.13. The molecule has 5 heteroatoms. The highest BCUT2D eigenvalue weighted by atomic mass is 32.1. The molecule has 1 amide bonds. The summed E-state index contributed by atoms with van der Waals surface area (Å²) >= 11 is 1.56. The minimum Gasteiger partial charge on any atom is -0.481 e. The van der Waals surface area contributed by atoms with Crippen molar-refractivity contribution in [2.45, 2.75) is 52.0 Å². The van der Waals surface area contributed by atoms with E-state index in [0.29, 0.717) is 12.0 Å². The molecule has 2 rings (SSSR count). The topological polar surface area (TPSA) is 66.4 Å². The first-order chi connectivity index (χ1) is 9.50. The number of hydrogen-bond acceptors (Lipinski definition) is 3. The van der Waals surface area contributed by atoms with E-state index in [9.17, 15) is 14.7 Å². The molecule has 1 aromatic rings. The van der Waals surface area contributed by atoms with Crippen LogP contribution in [0.5, 0.6) is 0 Å². The molecule has 0 spiro atoms. The third kappa shape index (κ3) is 3.20. The first kappa shape index (κ1) is 15.0. The molecule has 4 nitrogen and oxygen atoms in total. The molecular weight excluding hydrogens is 274 g/mol.